The number of benzene rings is 1. The molecule has 194 valence electrons. The molecule has 0 aliphatic carbocycles. The molecule has 10 heteroatoms. The lowest BCUT2D eigenvalue weighted by molar-refractivity contribution is -0.140. The van der Waals surface area contributed by atoms with Crippen LogP contribution in [0.4, 0.5) is 0 Å². The number of nitrogens with zero attached hydrogens (tertiary/aromatic N) is 4. The molecule has 1 atom stereocenters. The zero-order chi connectivity index (χ0) is 26.1. The van der Waals surface area contributed by atoms with E-state index >= 15 is 0 Å². The normalized spacial score (nSPS) is 20.1. The lowest BCUT2D eigenvalue weighted by Crippen LogP contribution is -2.42. The number of carbonyl (C=O) groups excluding carboxylic acids is 2. The number of pyridine rings is 1. The van der Waals surface area contributed by atoms with Crippen molar-refractivity contribution in [2.24, 2.45) is 0 Å². The molecule has 2 saturated heterocycles. The monoisotopic (exact) mass is 506 g/mol. The van der Waals surface area contributed by atoms with Crippen LogP contribution in [0.15, 0.2) is 48.2 Å². The van der Waals surface area contributed by atoms with E-state index in [2.05, 4.69) is 9.88 Å². The van der Waals surface area contributed by atoms with Gasteiger partial charge in [-0.25, -0.2) is 4.98 Å². The molecule has 2 aliphatic heterocycles. The van der Waals surface area contributed by atoms with Crippen LogP contribution in [-0.2, 0) is 14.3 Å². The van der Waals surface area contributed by atoms with E-state index in [1.165, 1.54) is 12.0 Å². The molecule has 0 spiro atoms. The first kappa shape index (κ1) is 24.8. The third-order valence-corrected chi connectivity index (χ3v) is 6.95. The van der Waals surface area contributed by atoms with Crippen LogP contribution in [0.5, 0.6) is 11.5 Å². The maximum atomic E-state index is 13.5. The van der Waals surface area contributed by atoms with Crippen molar-refractivity contribution in [3.63, 3.8) is 0 Å². The Bertz CT molecular complexity index is 1370. The Balaban J connectivity index is 1.64. The smallest absolute Gasteiger partial charge is 0.295 e. The van der Waals surface area contributed by atoms with Gasteiger partial charge in [-0.15, -0.1) is 0 Å². The Morgan fingerprint density at radius 3 is 2.57 bits per heavy atom. The first-order chi connectivity index (χ1) is 17.9. The number of ether oxygens (including phenoxy) is 3. The fourth-order valence-corrected chi connectivity index (χ4v) is 5.08. The Hall–Kier alpha value is -3.89. The summed E-state index contributed by atoms with van der Waals surface area (Å²) in [4.78, 5) is 35.1. The molecule has 0 saturated carbocycles. The molecule has 0 bridgehead atoms. The summed E-state index contributed by atoms with van der Waals surface area (Å²) in [5.74, 6) is -0.660. The second-order valence-corrected chi connectivity index (χ2v) is 9.04. The zero-order valence-corrected chi connectivity index (χ0v) is 21.1. The van der Waals surface area contributed by atoms with Crippen LogP contribution in [0.1, 0.15) is 23.0 Å². The van der Waals surface area contributed by atoms with E-state index in [1.54, 1.807) is 42.8 Å². The number of aliphatic hydroxyl groups is 1. The van der Waals surface area contributed by atoms with Gasteiger partial charge in [-0.1, -0.05) is 12.1 Å². The molecule has 3 aromatic rings. The van der Waals surface area contributed by atoms with Gasteiger partial charge in [0.25, 0.3) is 11.7 Å². The van der Waals surface area contributed by atoms with Gasteiger partial charge in [-0.05, 0) is 36.8 Å². The minimum atomic E-state index is -0.811. The summed E-state index contributed by atoms with van der Waals surface area (Å²) in [5, 5.41) is 11.6. The topological polar surface area (TPSA) is 106 Å². The van der Waals surface area contributed by atoms with Crippen LogP contribution < -0.4 is 9.47 Å². The van der Waals surface area contributed by atoms with Crippen molar-refractivity contribution in [3.8, 4) is 11.5 Å². The maximum Gasteiger partial charge on any atom is 0.295 e. The summed E-state index contributed by atoms with van der Waals surface area (Å²) in [6, 6.07) is 9.93. The van der Waals surface area contributed by atoms with E-state index in [0.29, 0.717) is 60.4 Å². The molecule has 2 fully saturated rings. The number of aliphatic hydroxyl groups excluding tert-OH is 1. The van der Waals surface area contributed by atoms with Crippen LogP contribution in [0, 0.1) is 6.92 Å². The minimum absolute atomic E-state index is 0.0213. The Labute approximate surface area is 214 Å². The van der Waals surface area contributed by atoms with Gasteiger partial charge in [0.15, 0.2) is 17.3 Å². The number of morpholine rings is 1. The van der Waals surface area contributed by atoms with Gasteiger partial charge in [0.05, 0.1) is 44.7 Å². The van der Waals surface area contributed by atoms with Crippen LogP contribution in [-0.4, -0.2) is 89.6 Å². The van der Waals surface area contributed by atoms with Crippen LogP contribution in [0.3, 0.4) is 0 Å². The second kappa shape index (κ2) is 10.2. The molecule has 0 radical (unpaired) electrons. The minimum Gasteiger partial charge on any atom is -0.505 e. The lowest BCUT2D eigenvalue weighted by Gasteiger charge is -2.31. The molecule has 4 heterocycles. The largest absolute Gasteiger partial charge is 0.505 e. The Kier molecular flexibility index (Phi) is 6.86. The number of likely N-dealkylation sites (tertiary alicyclic amines) is 1. The van der Waals surface area contributed by atoms with Crippen molar-refractivity contribution in [2.75, 3.05) is 53.6 Å². The van der Waals surface area contributed by atoms with Gasteiger partial charge in [-0.3, -0.25) is 18.9 Å². The third kappa shape index (κ3) is 4.42. The van der Waals surface area contributed by atoms with Gasteiger partial charge >= 0.3 is 0 Å². The molecular weight excluding hydrogens is 476 g/mol. The molecule has 2 aromatic heterocycles. The van der Waals surface area contributed by atoms with E-state index in [9.17, 15) is 14.7 Å². The molecule has 1 unspecified atom stereocenters. The molecule has 1 aromatic carbocycles. The quantitative estimate of drug-likeness (QED) is 0.296. The molecule has 2 aliphatic rings. The Morgan fingerprint density at radius 1 is 1.08 bits per heavy atom. The lowest BCUT2D eigenvalue weighted by atomic mass is 9.96. The van der Waals surface area contributed by atoms with Crippen molar-refractivity contribution in [3.05, 3.63) is 65.1 Å². The molecule has 5 rings (SSSR count). The van der Waals surface area contributed by atoms with E-state index in [4.69, 9.17) is 14.2 Å². The number of hydrogen-bond donors (Lipinski definition) is 1. The summed E-state index contributed by atoms with van der Waals surface area (Å²) < 4.78 is 18.0. The number of imidazole rings is 1. The fraction of sp³-hybridized carbons (Fsp3) is 0.370. The van der Waals surface area contributed by atoms with Crippen molar-refractivity contribution in [1.29, 1.82) is 0 Å². The molecule has 1 amide bonds. The summed E-state index contributed by atoms with van der Waals surface area (Å²) in [7, 11) is 3.07. The molecule has 1 N–H and O–H groups in total. The number of carbonyl (C=O) groups is 2. The molecule has 37 heavy (non-hydrogen) atoms. The van der Waals surface area contributed by atoms with Gasteiger partial charge in [0.1, 0.15) is 11.3 Å². The van der Waals surface area contributed by atoms with E-state index in [0.717, 1.165) is 13.1 Å². The first-order valence-corrected chi connectivity index (χ1v) is 12.2. The summed E-state index contributed by atoms with van der Waals surface area (Å²) in [5.41, 5.74) is 2.21. The van der Waals surface area contributed by atoms with Gasteiger partial charge in [-0.2, -0.15) is 0 Å². The van der Waals surface area contributed by atoms with E-state index in [-0.39, 0.29) is 11.3 Å². The van der Waals surface area contributed by atoms with Crippen LogP contribution in [0.2, 0.25) is 0 Å². The standard InChI is InChI=1S/C27H30N4O6/c1-17-23(30-9-5-4-6-21(30)28-17)25(32)22-24(18-7-8-19(35-2)20(16-18)36-3)31(27(34)26(22)33)11-10-29-12-14-37-15-13-29/h4-9,16,24,32H,10-15H2,1-3H3. The predicted molar refractivity (Wildman–Crippen MR) is 136 cm³/mol. The number of amides is 1. The number of methoxy groups -OCH3 is 2. The fourth-order valence-electron chi connectivity index (χ4n) is 5.08. The van der Waals surface area contributed by atoms with Crippen LogP contribution in [0.25, 0.3) is 11.4 Å². The average Bonchev–Trinajstić information content (AvgIpc) is 3.39. The van der Waals surface area contributed by atoms with E-state index in [1.807, 2.05) is 18.2 Å². The first-order valence-electron chi connectivity index (χ1n) is 12.2. The van der Waals surface area contributed by atoms with Crippen LogP contribution >= 0.6 is 0 Å². The number of aromatic nitrogens is 2. The highest BCUT2D eigenvalue weighted by atomic mass is 16.5. The Morgan fingerprint density at radius 2 is 1.84 bits per heavy atom. The van der Waals surface area contributed by atoms with Gasteiger partial charge in [0.2, 0.25) is 0 Å². The maximum absolute atomic E-state index is 13.5. The van der Waals surface area contributed by atoms with Crippen molar-refractivity contribution in [1.82, 2.24) is 19.2 Å². The van der Waals surface area contributed by atoms with Crippen molar-refractivity contribution < 1.29 is 28.9 Å². The predicted octanol–water partition coefficient (Wildman–Crippen LogP) is 2.41. The van der Waals surface area contributed by atoms with Gasteiger partial charge in [0, 0.05) is 32.4 Å². The number of aryl methyl sites for hydroxylation is 1. The summed E-state index contributed by atoms with van der Waals surface area (Å²) in [6.07, 6.45) is 1.77. The number of hydrogen-bond acceptors (Lipinski definition) is 8. The third-order valence-electron chi connectivity index (χ3n) is 6.95. The zero-order valence-electron chi connectivity index (χ0n) is 21.1. The average molecular weight is 507 g/mol. The summed E-state index contributed by atoms with van der Waals surface area (Å²) in [6.45, 7) is 5.43. The highest BCUT2D eigenvalue weighted by Gasteiger charge is 2.46. The number of rotatable bonds is 7. The number of ketones is 1. The van der Waals surface area contributed by atoms with E-state index < -0.39 is 17.7 Å². The van der Waals surface area contributed by atoms with Crippen molar-refractivity contribution in [2.45, 2.75) is 13.0 Å². The number of Topliss-reactive ketones (excluding diaryl/α,β-unsaturated/α-hetero) is 1. The number of fused-ring (bicyclic) bond motifs is 1. The highest BCUT2D eigenvalue weighted by Crippen LogP contribution is 2.42. The van der Waals surface area contributed by atoms with Gasteiger partial charge < -0.3 is 24.2 Å². The second-order valence-electron chi connectivity index (χ2n) is 9.04. The summed E-state index contributed by atoms with van der Waals surface area (Å²) >= 11 is 0. The molecular formula is C27H30N4O6. The molecule has 10 nitrogen and oxygen atoms in total. The van der Waals surface area contributed by atoms with Crippen molar-refractivity contribution >= 4 is 23.1 Å². The SMILES string of the molecule is COc1ccc(C2C(=C(O)c3c(C)nc4ccccn34)C(=O)C(=O)N2CCN2CCOCC2)cc1OC. The highest BCUT2D eigenvalue weighted by molar-refractivity contribution is 6.46.